The van der Waals surface area contributed by atoms with E-state index in [-0.39, 0.29) is 5.91 Å². The Kier molecular flexibility index (Phi) is 1.29. The lowest BCUT2D eigenvalue weighted by Gasteiger charge is -2.08. The second-order valence-electron chi connectivity index (χ2n) is 1.47. The van der Waals surface area contributed by atoms with E-state index in [1.54, 1.807) is 6.42 Å². The first-order chi connectivity index (χ1) is 3.39. The average Bonchev–Trinajstić information content (AvgIpc) is 1.69. The van der Waals surface area contributed by atoms with E-state index in [1.165, 1.54) is 0 Å². The van der Waals surface area contributed by atoms with Gasteiger partial charge in [-0.05, 0) is 12.8 Å². The fourth-order valence-corrected chi connectivity index (χ4v) is 0.519. The number of hydrogen-bond donors (Lipinski definition) is 1. The van der Waals surface area contributed by atoms with Gasteiger partial charge in [-0.1, -0.05) is 0 Å². The number of hydrogen-bond acceptors (Lipinski definition) is 1. The van der Waals surface area contributed by atoms with Crippen molar-refractivity contribution in [3.63, 3.8) is 0 Å². The summed E-state index contributed by atoms with van der Waals surface area (Å²) < 4.78 is 0. The highest BCUT2D eigenvalue weighted by Gasteiger charge is 2.05. The molecule has 1 aliphatic rings. The number of amides is 1. The van der Waals surface area contributed by atoms with Crippen molar-refractivity contribution in [2.45, 2.75) is 6.42 Å². The third-order valence-electron chi connectivity index (χ3n) is 0.891. The molecule has 1 fully saturated rings. The molecule has 0 aromatic carbocycles. The molecule has 0 bridgehead atoms. The fraction of sp³-hybridized carbons (Fsp3) is 0.400. The first-order valence-electron chi connectivity index (χ1n) is 2.32. The topological polar surface area (TPSA) is 29.1 Å². The Balaban J connectivity index is 2.25. The van der Waals surface area contributed by atoms with Gasteiger partial charge in [0, 0.05) is 13.0 Å². The molecule has 0 atom stereocenters. The van der Waals surface area contributed by atoms with Crippen LogP contribution in [0.1, 0.15) is 6.42 Å². The van der Waals surface area contributed by atoms with Gasteiger partial charge in [0.05, 0.1) is 0 Å². The van der Waals surface area contributed by atoms with E-state index in [1.807, 2.05) is 6.42 Å². The predicted molar refractivity (Wildman–Crippen MR) is 26.2 cm³/mol. The molecular weight excluding hydrogens is 90.1 g/mol. The lowest BCUT2D eigenvalue weighted by Crippen LogP contribution is -2.29. The zero-order chi connectivity index (χ0) is 5.11. The number of carbonyl (C=O) groups is 1. The minimum absolute atomic E-state index is 0.0579. The highest BCUT2D eigenvalue weighted by atomic mass is 16.1. The summed E-state index contributed by atoms with van der Waals surface area (Å²) in [5, 5.41) is 2.63. The molecule has 0 aromatic heterocycles. The fourth-order valence-electron chi connectivity index (χ4n) is 0.519. The molecule has 0 unspecified atom stereocenters. The second kappa shape index (κ2) is 1.96. The van der Waals surface area contributed by atoms with Gasteiger partial charge in [-0.3, -0.25) is 4.79 Å². The van der Waals surface area contributed by atoms with Crippen molar-refractivity contribution >= 4 is 5.91 Å². The van der Waals surface area contributed by atoms with Crippen LogP contribution in [0.5, 0.6) is 0 Å². The SMILES string of the molecule is O=C1[CH]C[CH]CN1. The summed E-state index contributed by atoms with van der Waals surface area (Å²) in [4.78, 5) is 10.3. The zero-order valence-corrected chi connectivity index (χ0v) is 3.98. The van der Waals surface area contributed by atoms with Crippen LogP contribution >= 0.6 is 0 Å². The molecule has 1 heterocycles. The highest BCUT2D eigenvalue weighted by Crippen LogP contribution is 1.95. The van der Waals surface area contributed by atoms with Crippen LogP contribution in [0.2, 0.25) is 0 Å². The van der Waals surface area contributed by atoms with Crippen LogP contribution in [-0.4, -0.2) is 12.5 Å². The number of rotatable bonds is 0. The van der Waals surface area contributed by atoms with Gasteiger partial charge in [-0.25, -0.2) is 0 Å². The van der Waals surface area contributed by atoms with Gasteiger partial charge in [-0.15, -0.1) is 0 Å². The summed E-state index contributed by atoms with van der Waals surface area (Å²) in [6.07, 6.45) is 4.47. The van der Waals surface area contributed by atoms with Crippen molar-refractivity contribution in [2.75, 3.05) is 6.54 Å². The molecule has 0 aliphatic carbocycles. The van der Waals surface area contributed by atoms with Crippen molar-refractivity contribution in [2.24, 2.45) is 0 Å². The molecule has 0 spiro atoms. The maximum atomic E-state index is 10.3. The van der Waals surface area contributed by atoms with Crippen LogP contribution in [0.15, 0.2) is 0 Å². The lowest BCUT2D eigenvalue weighted by atomic mass is 10.2. The Morgan fingerprint density at radius 2 is 2.57 bits per heavy atom. The van der Waals surface area contributed by atoms with E-state index in [9.17, 15) is 4.79 Å². The minimum atomic E-state index is 0.0579. The first kappa shape index (κ1) is 4.62. The summed E-state index contributed by atoms with van der Waals surface area (Å²) in [7, 11) is 0. The number of piperidine rings is 1. The molecule has 1 N–H and O–H groups in total. The van der Waals surface area contributed by atoms with E-state index in [4.69, 9.17) is 0 Å². The Hall–Kier alpha value is -0.530. The molecule has 1 rings (SSSR count). The summed E-state index contributed by atoms with van der Waals surface area (Å²) >= 11 is 0. The molecule has 2 heteroatoms. The first-order valence-corrected chi connectivity index (χ1v) is 2.32. The van der Waals surface area contributed by atoms with Gasteiger partial charge in [0.25, 0.3) is 0 Å². The van der Waals surface area contributed by atoms with Crippen LogP contribution in [-0.2, 0) is 4.79 Å². The van der Waals surface area contributed by atoms with Crippen molar-refractivity contribution in [3.8, 4) is 0 Å². The lowest BCUT2D eigenvalue weighted by molar-refractivity contribution is -0.118. The minimum Gasteiger partial charge on any atom is -0.356 e. The maximum absolute atomic E-state index is 10.3. The largest absolute Gasteiger partial charge is 0.356 e. The molecule has 7 heavy (non-hydrogen) atoms. The van der Waals surface area contributed by atoms with Gasteiger partial charge < -0.3 is 5.32 Å². The third-order valence-corrected chi connectivity index (χ3v) is 0.891. The van der Waals surface area contributed by atoms with Crippen LogP contribution in [0, 0.1) is 12.8 Å². The molecule has 1 amide bonds. The number of carbonyl (C=O) groups excluding carboxylic acids is 1. The van der Waals surface area contributed by atoms with E-state index in [2.05, 4.69) is 5.32 Å². The summed E-state index contributed by atoms with van der Waals surface area (Å²) in [6.45, 7) is 0.731. The Morgan fingerprint density at radius 3 is 2.86 bits per heavy atom. The van der Waals surface area contributed by atoms with Crippen molar-refractivity contribution in [3.05, 3.63) is 12.8 Å². The standard InChI is InChI=1S/C5H7NO/c7-5-3-1-2-4-6-5/h2-3H,1,4H2,(H,6,7). The summed E-state index contributed by atoms with van der Waals surface area (Å²) in [5.74, 6) is 0.0579. The normalized spacial score (nSPS) is 21.4. The molecule has 2 radical (unpaired) electrons. The molecule has 1 aliphatic heterocycles. The zero-order valence-electron chi connectivity index (χ0n) is 3.98. The van der Waals surface area contributed by atoms with Crippen LogP contribution in [0.4, 0.5) is 0 Å². The predicted octanol–water partition coefficient (Wildman–Crippen LogP) is -0.0851. The highest BCUT2D eigenvalue weighted by molar-refractivity contribution is 5.85. The molecule has 0 aromatic rings. The molecular formula is C5H7NO. The quantitative estimate of drug-likeness (QED) is 0.450. The number of nitrogens with one attached hydrogen (secondary N) is 1. The average molecular weight is 97.1 g/mol. The molecule has 0 saturated carbocycles. The Labute approximate surface area is 42.9 Å². The van der Waals surface area contributed by atoms with Crippen LogP contribution < -0.4 is 5.32 Å². The summed E-state index contributed by atoms with van der Waals surface area (Å²) in [6, 6.07) is 0. The molecule has 2 nitrogen and oxygen atoms in total. The molecule has 38 valence electrons. The van der Waals surface area contributed by atoms with Crippen LogP contribution in [0.3, 0.4) is 0 Å². The smallest absolute Gasteiger partial charge is 0.223 e. The van der Waals surface area contributed by atoms with Gasteiger partial charge >= 0.3 is 0 Å². The Morgan fingerprint density at radius 1 is 1.71 bits per heavy atom. The Bertz CT molecular complexity index is 72.1. The van der Waals surface area contributed by atoms with E-state index in [0.717, 1.165) is 13.0 Å². The van der Waals surface area contributed by atoms with Gasteiger partial charge in [0.1, 0.15) is 0 Å². The van der Waals surface area contributed by atoms with E-state index >= 15 is 0 Å². The van der Waals surface area contributed by atoms with Gasteiger partial charge in [0.15, 0.2) is 0 Å². The second-order valence-corrected chi connectivity index (χ2v) is 1.47. The molecule has 1 saturated heterocycles. The monoisotopic (exact) mass is 97.1 g/mol. The van der Waals surface area contributed by atoms with Crippen molar-refractivity contribution in [1.82, 2.24) is 5.32 Å². The van der Waals surface area contributed by atoms with Gasteiger partial charge in [-0.2, -0.15) is 0 Å². The van der Waals surface area contributed by atoms with Gasteiger partial charge in [0.2, 0.25) is 5.91 Å². The van der Waals surface area contributed by atoms with Crippen molar-refractivity contribution in [1.29, 1.82) is 0 Å². The van der Waals surface area contributed by atoms with E-state index < -0.39 is 0 Å². The van der Waals surface area contributed by atoms with Crippen molar-refractivity contribution < 1.29 is 4.79 Å². The van der Waals surface area contributed by atoms with Crippen LogP contribution in [0.25, 0.3) is 0 Å². The maximum Gasteiger partial charge on any atom is 0.223 e. The third kappa shape index (κ3) is 1.18. The van der Waals surface area contributed by atoms with E-state index in [0.29, 0.717) is 0 Å². The summed E-state index contributed by atoms with van der Waals surface area (Å²) in [5.41, 5.74) is 0.